The summed E-state index contributed by atoms with van der Waals surface area (Å²) in [5.41, 5.74) is 1.08. The zero-order chi connectivity index (χ0) is 24.2. The lowest BCUT2D eigenvalue weighted by Gasteiger charge is -2.25. The molecule has 8 heteroatoms. The smallest absolute Gasteiger partial charge is 0.258 e. The summed E-state index contributed by atoms with van der Waals surface area (Å²) in [6.07, 6.45) is 0.816. The fourth-order valence-electron chi connectivity index (χ4n) is 5.15. The van der Waals surface area contributed by atoms with Crippen molar-refractivity contribution >= 4 is 23.4 Å². The molecule has 34 heavy (non-hydrogen) atoms. The molecule has 0 radical (unpaired) electrons. The third-order valence-corrected chi connectivity index (χ3v) is 7.07. The number of halogens is 2. The van der Waals surface area contributed by atoms with Gasteiger partial charge >= 0.3 is 0 Å². The second-order valence-corrected chi connectivity index (χ2v) is 10.1. The maximum atomic E-state index is 14.2. The van der Waals surface area contributed by atoms with E-state index in [1.165, 1.54) is 12.1 Å². The van der Waals surface area contributed by atoms with Crippen molar-refractivity contribution in [1.82, 2.24) is 20.0 Å². The number of likely N-dealkylation sites (N-methyl/N-ethyl adjacent to an activating group) is 1. The molecule has 2 unspecified atom stereocenters. The van der Waals surface area contributed by atoms with Crippen LogP contribution in [0.3, 0.4) is 0 Å². The topological polar surface area (TPSA) is 55.9 Å². The first-order valence-corrected chi connectivity index (χ1v) is 12.1. The summed E-state index contributed by atoms with van der Waals surface area (Å²) in [5.74, 6) is -0.143. The minimum absolute atomic E-state index is 0.0121. The lowest BCUT2D eigenvalue weighted by Crippen LogP contribution is -2.38. The molecule has 2 aromatic carbocycles. The Balaban J connectivity index is 1.33. The maximum Gasteiger partial charge on any atom is 0.258 e. The molecule has 2 heterocycles. The van der Waals surface area contributed by atoms with Gasteiger partial charge in [0.2, 0.25) is 5.91 Å². The van der Waals surface area contributed by atoms with E-state index in [-0.39, 0.29) is 28.4 Å². The van der Waals surface area contributed by atoms with E-state index in [4.69, 9.17) is 11.6 Å². The van der Waals surface area contributed by atoms with Gasteiger partial charge in [-0.15, -0.1) is 0 Å². The van der Waals surface area contributed by atoms with Crippen LogP contribution in [0.4, 0.5) is 4.39 Å². The second kappa shape index (κ2) is 10.8. The number of rotatable bonds is 8. The number of nitrogens with one attached hydrogen (secondary N) is 1. The molecule has 0 aromatic heterocycles. The van der Waals surface area contributed by atoms with Gasteiger partial charge in [-0.1, -0.05) is 48.0 Å². The molecule has 182 valence electrons. The van der Waals surface area contributed by atoms with Crippen molar-refractivity contribution in [2.75, 3.05) is 53.4 Å². The number of benzene rings is 2. The number of carbonyl (C=O) groups is 2. The number of nitrogens with zero attached hydrogens (tertiary/aromatic N) is 3. The predicted molar refractivity (Wildman–Crippen MR) is 131 cm³/mol. The van der Waals surface area contributed by atoms with E-state index in [2.05, 4.69) is 22.3 Å². The van der Waals surface area contributed by atoms with Gasteiger partial charge in [0.15, 0.2) is 0 Å². The second-order valence-electron chi connectivity index (χ2n) is 9.64. The Labute approximate surface area is 205 Å². The average Bonchev–Trinajstić information content (AvgIpc) is 3.35. The summed E-state index contributed by atoms with van der Waals surface area (Å²) in [5, 5.41) is 3.34. The average molecular weight is 487 g/mol. The summed E-state index contributed by atoms with van der Waals surface area (Å²) in [6.45, 7) is 4.24. The zero-order valence-electron chi connectivity index (χ0n) is 19.7. The van der Waals surface area contributed by atoms with Crippen molar-refractivity contribution in [1.29, 1.82) is 0 Å². The van der Waals surface area contributed by atoms with Gasteiger partial charge in [-0.2, -0.15) is 0 Å². The predicted octanol–water partition coefficient (Wildman–Crippen LogP) is 3.29. The lowest BCUT2D eigenvalue weighted by atomic mass is 10.0. The van der Waals surface area contributed by atoms with E-state index < -0.39 is 5.82 Å². The van der Waals surface area contributed by atoms with E-state index in [1.807, 2.05) is 37.2 Å². The number of hydrogen-bond donors (Lipinski definition) is 1. The first-order chi connectivity index (χ1) is 16.3. The first-order valence-electron chi connectivity index (χ1n) is 11.8. The van der Waals surface area contributed by atoms with Gasteiger partial charge in [-0.3, -0.25) is 9.59 Å². The molecule has 0 saturated carbocycles. The molecular weight excluding hydrogens is 455 g/mol. The van der Waals surface area contributed by atoms with E-state index in [1.54, 1.807) is 11.0 Å². The standard InChI is InChI=1S/C26H32ClFN4O2/c1-30(2)17-24(33)29-23(18-7-4-3-5-8-18)11-12-31-13-19-15-32(16-20(19)14-31)26(34)25-21(27)9-6-10-22(25)28/h3-10,19-20,23H,11-17H2,1-2H3,(H,29,33)/t19-,20?,23?/m0/s1. The van der Waals surface area contributed by atoms with Crippen LogP contribution in [0.1, 0.15) is 28.4 Å². The largest absolute Gasteiger partial charge is 0.348 e. The van der Waals surface area contributed by atoms with Gasteiger partial charge in [-0.05, 0) is 50.0 Å². The molecule has 2 aliphatic heterocycles. The Kier molecular flexibility index (Phi) is 7.86. The van der Waals surface area contributed by atoms with E-state index in [9.17, 15) is 14.0 Å². The third kappa shape index (κ3) is 5.77. The van der Waals surface area contributed by atoms with Gasteiger partial charge in [0.25, 0.3) is 5.91 Å². The molecule has 0 aliphatic carbocycles. The Morgan fingerprint density at radius 2 is 1.74 bits per heavy atom. The summed E-state index contributed by atoms with van der Waals surface area (Å²) < 4.78 is 14.2. The highest BCUT2D eigenvalue weighted by Gasteiger charge is 2.42. The van der Waals surface area contributed by atoms with Crippen molar-refractivity contribution in [3.05, 3.63) is 70.5 Å². The fourth-order valence-corrected chi connectivity index (χ4v) is 5.39. The molecular formula is C26H32ClFN4O2. The summed E-state index contributed by atoms with van der Waals surface area (Å²) in [4.78, 5) is 31.3. The van der Waals surface area contributed by atoms with Crippen molar-refractivity contribution in [3.8, 4) is 0 Å². The summed E-state index contributed by atoms with van der Waals surface area (Å²) in [6, 6.07) is 14.4. The molecule has 2 fully saturated rings. The van der Waals surface area contributed by atoms with Gasteiger partial charge in [0, 0.05) is 32.7 Å². The Bertz CT molecular complexity index is 985. The van der Waals surface area contributed by atoms with Crippen LogP contribution >= 0.6 is 11.6 Å². The number of hydrogen-bond acceptors (Lipinski definition) is 4. The van der Waals surface area contributed by atoms with Crippen LogP contribution in [0, 0.1) is 17.7 Å². The molecule has 0 spiro atoms. The molecule has 2 aromatic rings. The van der Waals surface area contributed by atoms with Gasteiger partial charge < -0.3 is 20.0 Å². The van der Waals surface area contributed by atoms with E-state index >= 15 is 0 Å². The molecule has 2 aliphatic rings. The molecule has 6 nitrogen and oxygen atoms in total. The highest BCUT2D eigenvalue weighted by atomic mass is 35.5. The summed E-state index contributed by atoms with van der Waals surface area (Å²) >= 11 is 6.10. The summed E-state index contributed by atoms with van der Waals surface area (Å²) in [7, 11) is 3.77. The normalized spacial score (nSPS) is 21.0. The van der Waals surface area contributed by atoms with Crippen LogP contribution in [0.25, 0.3) is 0 Å². The number of carbonyl (C=O) groups excluding carboxylic acids is 2. The maximum absolute atomic E-state index is 14.2. The number of amides is 2. The van der Waals surface area contributed by atoms with Crippen LogP contribution < -0.4 is 5.32 Å². The van der Waals surface area contributed by atoms with Gasteiger partial charge in [0.05, 0.1) is 23.2 Å². The first kappa shape index (κ1) is 24.6. The third-order valence-electron chi connectivity index (χ3n) is 6.76. The SMILES string of the molecule is CN(C)CC(=O)NC(CCN1CC2CN(C(=O)c3c(F)cccc3Cl)C[C@@H]2C1)c1ccccc1. The molecule has 3 atom stereocenters. The Morgan fingerprint density at radius 3 is 2.35 bits per heavy atom. The highest BCUT2D eigenvalue weighted by Crippen LogP contribution is 2.33. The van der Waals surface area contributed by atoms with Crippen LogP contribution in [0.5, 0.6) is 0 Å². The van der Waals surface area contributed by atoms with E-state index in [0.29, 0.717) is 31.5 Å². The van der Waals surface area contributed by atoms with Crippen LogP contribution in [-0.4, -0.2) is 79.9 Å². The van der Waals surface area contributed by atoms with Crippen molar-refractivity contribution in [2.45, 2.75) is 12.5 Å². The van der Waals surface area contributed by atoms with Gasteiger partial charge in [0.1, 0.15) is 5.82 Å². The number of fused-ring (bicyclic) bond motifs is 1. The van der Waals surface area contributed by atoms with Crippen LogP contribution in [0.15, 0.2) is 48.5 Å². The zero-order valence-corrected chi connectivity index (χ0v) is 20.5. The number of likely N-dealkylation sites (tertiary alicyclic amines) is 2. The molecule has 4 rings (SSSR count). The van der Waals surface area contributed by atoms with Crippen molar-refractivity contribution in [2.24, 2.45) is 11.8 Å². The minimum Gasteiger partial charge on any atom is -0.348 e. The molecule has 1 N–H and O–H groups in total. The molecule has 2 saturated heterocycles. The quantitative estimate of drug-likeness (QED) is 0.622. The van der Waals surface area contributed by atoms with Crippen LogP contribution in [0.2, 0.25) is 5.02 Å². The van der Waals surface area contributed by atoms with Gasteiger partial charge in [-0.25, -0.2) is 4.39 Å². The van der Waals surface area contributed by atoms with Crippen molar-refractivity contribution < 1.29 is 14.0 Å². The monoisotopic (exact) mass is 486 g/mol. The highest BCUT2D eigenvalue weighted by molar-refractivity contribution is 6.33. The van der Waals surface area contributed by atoms with Crippen molar-refractivity contribution in [3.63, 3.8) is 0 Å². The Morgan fingerprint density at radius 1 is 1.06 bits per heavy atom. The molecule has 2 amide bonds. The Hall–Kier alpha value is -2.48. The lowest BCUT2D eigenvalue weighted by molar-refractivity contribution is -0.122. The fraction of sp³-hybridized carbons (Fsp3) is 0.462. The van der Waals surface area contributed by atoms with Crippen LogP contribution in [-0.2, 0) is 4.79 Å². The molecule has 0 bridgehead atoms. The van der Waals surface area contributed by atoms with E-state index in [0.717, 1.165) is 31.6 Å². The minimum atomic E-state index is -0.570.